The van der Waals surface area contributed by atoms with Gasteiger partial charge in [0.25, 0.3) is 0 Å². The normalized spacial score (nSPS) is 13.5. The molecule has 1 aromatic rings. The molecular formula is C20H40N6. The summed E-state index contributed by atoms with van der Waals surface area (Å²) < 4.78 is 2.08. The highest BCUT2D eigenvalue weighted by Gasteiger charge is 2.20. The fourth-order valence-corrected chi connectivity index (χ4v) is 3.43. The van der Waals surface area contributed by atoms with Crippen molar-refractivity contribution in [3.8, 4) is 0 Å². The summed E-state index contributed by atoms with van der Waals surface area (Å²) in [5.74, 6) is 1.60. The van der Waals surface area contributed by atoms with E-state index in [9.17, 15) is 0 Å². The number of nitrogens with zero attached hydrogens (tertiary/aromatic N) is 4. The van der Waals surface area contributed by atoms with Crippen molar-refractivity contribution >= 4 is 5.96 Å². The molecule has 1 aromatic heterocycles. The van der Waals surface area contributed by atoms with Crippen molar-refractivity contribution in [2.75, 3.05) is 33.7 Å². The van der Waals surface area contributed by atoms with Crippen molar-refractivity contribution in [2.45, 2.75) is 66.5 Å². The number of hydrogen-bond acceptors (Lipinski definition) is 3. The summed E-state index contributed by atoms with van der Waals surface area (Å²) in [6, 6.07) is 2.60. The predicted molar refractivity (Wildman–Crippen MR) is 112 cm³/mol. The highest BCUT2D eigenvalue weighted by Crippen LogP contribution is 2.17. The summed E-state index contributed by atoms with van der Waals surface area (Å²) in [7, 11) is 4.32. The average Bonchev–Trinajstić information content (AvgIpc) is 2.92. The van der Waals surface area contributed by atoms with Crippen molar-refractivity contribution in [1.29, 1.82) is 0 Å². The first-order valence-electron chi connectivity index (χ1n) is 10.1. The van der Waals surface area contributed by atoms with Gasteiger partial charge < -0.3 is 15.5 Å². The lowest BCUT2D eigenvalue weighted by Crippen LogP contribution is -2.41. The van der Waals surface area contributed by atoms with Crippen molar-refractivity contribution < 1.29 is 0 Å². The van der Waals surface area contributed by atoms with Gasteiger partial charge in [-0.2, -0.15) is 5.10 Å². The molecule has 0 aromatic carbocycles. The van der Waals surface area contributed by atoms with Gasteiger partial charge in [-0.15, -0.1) is 0 Å². The lowest BCUT2D eigenvalue weighted by molar-refractivity contribution is 0.206. The van der Waals surface area contributed by atoms with Crippen LogP contribution in [0.4, 0.5) is 0 Å². The highest BCUT2D eigenvalue weighted by molar-refractivity contribution is 5.79. The molecule has 0 aliphatic rings. The van der Waals surface area contributed by atoms with Crippen LogP contribution in [0.5, 0.6) is 0 Å². The van der Waals surface area contributed by atoms with Gasteiger partial charge in [-0.25, -0.2) is 0 Å². The van der Waals surface area contributed by atoms with Gasteiger partial charge in [0.05, 0.1) is 12.2 Å². The quantitative estimate of drug-likeness (QED) is 0.360. The third-order valence-electron chi connectivity index (χ3n) is 4.98. The van der Waals surface area contributed by atoms with Gasteiger partial charge in [0, 0.05) is 31.4 Å². The van der Waals surface area contributed by atoms with Crippen LogP contribution >= 0.6 is 0 Å². The number of rotatable bonds is 11. The first-order valence-corrected chi connectivity index (χ1v) is 10.1. The Labute approximate surface area is 160 Å². The number of nitrogens with one attached hydrogen (secondary N) is 2. The smallest absolute Gasteiger partial charge is 0.191 e. The molecule has 1 unspecified atom stereocenters. The zero-order valence-electron chi connectivity index (χ0n) is 18.0. The molecule has 2 N–H and O–H groups in total. The van der Waals surface area contributed by atoms with Crippen LogP contribution in [0.2, 0.25) is 0 Å². The Balaban J connectivity index is 2.55. The third-order valence-corrected chi connectivity index (χ3v) is 4.98. The molecule has 1 rings (SSSR count). The van der Waals surface area contributed by atoms with E-state index in [-0.39, 0.29) is 0 Å². The Morgan fingerprint density at radius 3 is 2.38 bits per heavy atom. The zero-order valence-corrected chi connectivity index (χ0v) is 18.0. The van der Waals surface area contributed by atoms with E-state index in [4.69, 9.17) is 4.99 Å². The molecule has 0 amide bonds. The minimum atomic E-state index is 0.482. The number of aromatic nitrogens is 2. The average molecular weight is 365 g/mol. The third kappa shape index (κ3) is 7.36. The fraction of sp³-hybridized carbons (Fsp3) is 0.800. The van der Waals surface area contributed by atoms with E-state index in [1.807, 2.05) is 6.92 Å². The Bertz CT molecular complexity index is 530. The first-order chi connectivity index (χ1) is 12.4. The number of aliphatic imine (C=N–C) groups is 1. The minimum Gasteiger partial charge on any atom is -0.357 e. The van der Waals surface area contributed by atoms with Crippen molar-refractivity contribution in [3.05, 3.63) is 17.5 Å². The molecule has 0 aliphatic carbocycles. The van der Waals surface area contributed by atoms with Crippen LogP contribution < -0.4 is 10.6 Å². The molecule has 0 saturated heterocycles. The lowest BCUT2D eigenvalue weighted by atomic mass is 9.93. The van der Waals surface area contributed by atoms with Crippen molar-refractivity contribution in [3.63, 3.8) is 0 Å². The summed E-state index contributed by atoms with van der Waals surface area (Å²) in [5, 5.41) is 11.3. The summed E-state index contributed by atoms with van der Waals surface area (Å²) in [6.07, 6.45) is 3.42. The van der Waals surface area contributed by atoms with Gasteiger partial charge in [0.1, 0.15) is 0 Å². The van der Waals surface area contributed by atoms with E-state index < -0.39 is 0 Å². The van der Waals surface area contributed by atoms with Gasteiger partial charge in [-0.05, 0) is 53.3 Å². The molecule has 1 heterocycles. The summed E-state index contributed by atoms with van der Waals surface area (Å²) >= 11 is 0. The fourth-order valence-electron chi connectivity index (χ4n) is 3.43. The van der Waals surface area contributed by atoms with Gasteiger partial charge >= 0.3 is 0 Å². The second kappa shape index (κ2) is 11.9. The molecule has 6 nitrogen and oxygen atoms in total. The van der Waals surface area contributed by atoms with Crippen LogP contribution in [0.3, 0.4) is 0 Å². The maximum atomic E-state index is 4.85. The Morgan fingerprint density at radius 1 is 1.19 bits per heavy atom. The molecule has 150 valence electrons. The van der Waals surface area contributed by atoms with Crippen LogP contribution in [-0.2, 0) is 6.54 Å². The molecule has 0 fully saturated rings. The second-order valence-electron chi connectivity index (χ2n) is 7.26. The molecule has 0 radical (unpaired) electrons. The summed E-state index contributed by atoms with van der Waals surface area (Å²) in [4.78, 5) is 7.16. The molecule has 0 saturated carbocycles. The number of guanidine groups is 1. The molecule has 0 bridgehead atoms. The van der Waals surface area contributed by atoms with E-state index in [1.165, 1.54) is 18.5 Å². The van der Waals surface area contributed by atoms with E-state index in [1.54, 1.807) is 0 Å². The van der Waals surface area contributed by atoms with E-state index in [0.29, 0.717) is 12.0 Å². The van der Waals surface area contributed by atoms with Gasteiger partial charge in [0.15, 0.2) is 5.96 Å². The molecule has 1 atom stereocenters. The van der Waals surface area contributed by atoms with Gasteiger partial charge in [-0.3, -0.25) is 9.67 Å². The van der Waals surface area contributed by atoms with Crippen LogP contribution in [0, 0.1) is 19.8 Å². The number of likely N-dealkylation sites (N-methyl/N-ethyl adjacent to an activating group) is 1. The first kappa shape index (κ1) is 22.5. The maximum absolute atomic E-state index is 4.85. The predicted octanol–water partition coefficient (Wildman–Crippen LogP) is 2.81. The Hall–Kier alpha value is -1.56. The zero-order chi connectivity index (χ0) is 19.5. The second-order valence-corrected chi connectivity index (χ2v) is 7.26. The molecule has 6 heteroatoms. The van der Waals surface area contributed by atoms with Crippen molar-refractivity contribution in [2.24, 2.45) is 10.9 Å². The molecular weight excluding hydrogens is 324 g/mol. The highest BCUT2D eigenvalue weighted by atomic mass is 15.3. The topological polar surface area (TPSA) is 57.5 Å². The SMILES string of the molecule is CCNC(=NCC(C(CC)CC)N(C)C)NCCCn1nc(C)cc1C. The Morgan fingerprint density at radius 2 is 1.88 bits per heavy atom. The summed E-state index contributed by atoms with van der Waals surface area (Å²) in [6.45, 7) is 14.3. The van der Waals surface area contributed by atoms with Crippen LogP contribution in [0.1, 0.15) is 51.4 Å². The number of aryl methyl sites for hydroxylation is 3. The van der Waals surface area contributed by atoms with Crippen LogP contribution in [0.25, 0.3) is 0 Å². The van der Waals surface area contributed by atoms with Crippen LogP contribution in [-0.4, -0.2) is 60.4 Å². The molecule has 26 heavy (non-hydrogen) atoms. The Kier molecular flexibility index (Phi) is 10.3. The van der Waals surface area contributed by atoms with Gasteiger partial charge in [0.2, 0.25) is 0 Å². The molecule has 0 spiro atoms. The van der Waals surface area contributed by atoms with Crippen molar-refractivity contribution in [1.82, 2.24) is 25.3 Å². The maximum Gasteiger partial charge on any atom is 0.191 e. The van der Waals surface area contributed by atoms with Gasteiger partial charge in [-0.1, -0.05) is 26.7 Å². The summed E-state index contributed by atoms with van der Waals surface area (Å²) in [5.41, 5.74) is 2.31. The van der Waals surface area contributed by atoms with E-state index in [2.05, 4.69) is 73.2 Å². The van der Waals surface area contributed by atoms with E-state index in [0.717, 1.165) is 44.3 Å². The van der Waals surface area contributed by atoms with Crippen LogP contribution in [0.15, 0.2) is 11.1 Å². The number of hydrogen-bond donors (Lipinski definition) is 2. The van der Waals surface area contributed by atoms with E-state index >= 15 is 0 Å². The standard InChI is InChI=1S/C20H40N6/c1-8-18(9-2)19(25(6)7)15-23-20(21-10-3)22-12-11-13-26-17(5)14-16(4)24-26/h14,18-19H,8-13,15H2,1-7H3,(H2,21,22,23). The lowest BCUT2D eigenvalue weighted by Gasteiger charge is -2.30. The monoisotopic (exact) mass is 364 g/mol. The minimum absolute atomic E-state index is 0.482. The largest absolute Gasteiger partial charge is 0.357 e. The molecule has 0 aliphatic heterocycles.